The molecule has 0 unspecified atom stereocenters. The van der Waals surface area contributed by atoms with E-state index in [2.05, 4.69) is 18.3 Å². The van der Waals surface area contributed by atoms with E-state index < -0.39 is 0 Å². The van der Waals surface area contributed by atoms with Crippen molar-refractivity contribution in [1.82, 2.24) is 4.90 Å². The smallest absolute Gasteiger partial charge is 0.323 e. The molecule has 1 N–H and O–H groups in total. The maximum absolute atomic E-state index is 12.0. The number of carbonyl (C=O) groups is 1. The Morgan fingerprint density at radius 1 is 1.50 bits per heavy atom. The van der Waals surface area contributed by atoms with E-state index in [9.17, 15) is 4.79 Å². The Labute approximate surface area is 108 Å². The molecule has 2 rings (SSSR count). The van der Waals surface area contributed by atoms with E-state index in [4.69, 9.17) is 4.74 Å². The first-order valence-corrected chi connectivity index (χ1v) is 6.29. The van der Waals surface area contributed by atoms with Gasteiger partial charge in [-0.2, -0.15) is 0 Å². The molecule has 98 valence electrons. The topological polar surface area (TPSA) is 41.6 Å². The molecular formula is C14H20N2O2. The standard InChI is InChI=1S/C14H20N2O2/c1-4-11-6-5-7-12(8-11)15-13(17)16-9-14(2,3)18-10-16/h5-8H,4,9-10H2,1-3H3,(H,15,17). The highest BCUT2D eigenvalue weighted by molar-refractivity contribution is 5.89. The van der Waals surface area contributed by atoms with Crippen LogP contribution in [0.2, 0.25) is 0 Å². The predicted octanol–water partition coefficient (Wildman–Crippen LogP) is 2.85. The van der Waals surface area contributed by atoms with Crippen LogP contribution in [0.25, 0.3) is 0 Å². The summed E-state index contributed by atoms with van der Waals surface area (Å²) >= 11 is 0. The quantitative estimate of drug-likeness (QED) is 0.874. The number of urea groups is 1. The number of anilines is 1. The summed E-state index contributed by atoms with van der Waals surface area (Å²) in [4.78, 5) is 13.7. The number of aryl methyl sites for hydroxylation is 1. The van der Waals surface area contributed by atoms with E-state index in [1.165, 1.54) is 5.56 Å². The largest absolute Gasteiger partial charge is 0.353 e. The third-order valence-electron chi connectivity index (χ3n) is 3.06. The van der Waals surface area contributed by atoms with E-state index in [1.54, 1.807) is 4.90 Å². The van der Waals surface area contributed by atoms with Gasteiger partial charge >= 0.3 is 6.03 Å². The predicted molar refractivity (Wildman–Crippen MR) is 71.6 cm³/mol. The summed E-state index contributed by atoms with van der Waals surface area (Å²) in [6.45, 7) is 7.03. The average Bonchev–Trinajstić information content (AvgIpc) is 2.70. The number of nitrogens with one attached hydrogen (secondary N) is 1. The maximum atomic E-state index is 12.0. The molecule has 1 heterocycles. The molecule has 4 heteroatoms. The Morgan fingerprint density at radius 3 is 2.89 bits per heavy atom. The number of carbonyl (C=O) groups excluding carboxylic acids is 1. The molecule has 18 heavy (non-hydrogen) atoms. The zero-order chi connectivity index (χ0) is 13.2. The summed E-state index contributed by atoms with van der Waals surface area (Å²) in [5, 5.41) is 2.90. The van der Waals surface area contributed by atoms with Crippen molar-refractivity contribution in [1.29, 1.82) is 0 Å². The summed E-state index contributed by atoms with van der Waals surface area (Å²) in [6, 6.07) is 7.81. The van der Waals surface area contributed by atoms with E-state index in [-0.39, 0.29) is 11.6 Å². The van der Waals surface area contributed by atoms with Crippen LogP contribution in [0.5, 0.6) is 0 Å². The van der Waals surface area contributed by atoms with Gasteiger partial charge in [-0.15, -0.1) is 0 Å². The molecule has 4 nitrogen and oxygen atoms in total. The SMILES string of the molecule is CCc1cccc(NC(=O)N2COC(C)(C)C2)c1. The highest BCUT2D eigenvalue weighted by Gasteiger charge is 2.32. The van der Waals surface area contributed by atoms with Crippen molar-refractivity contribution >= 4 is 11.7 Å². The second kappa shape index (κ2) is 4.98. The number of nitrogens with zero attached hydrogens (tertiary/aromatic N) is 1. The second-order valence-electron chi connectivity index (χ2n) is 5.22. The minimum Gasteiger partial charge on any atom is -0.353 e. The normalized spacial score (nSPS) is 17.8. The first-order valence-electron chi connectivity index (χ1n) is 6.29. The van der Waals surface area contributed by atoms with Crippen molar-refractivity contribution in [3.05, 3.63) is 29.8 Å². The summed E-state index contributed by atoms with van der Waals surface area (Å²) < 4.78 is 5.52. The third-order valence-corrected chi connectivity index (χ3v) is 3.06. The van der Waals surface area contributed by atoms with Crippen molar-refractivity contribution in [2.45, 2.75) is 32.8 Å². The lowest BCUT2D eigenvalue weighted by atomic mass is 10.1. The molecule has 1 saturated heterocycles. The van der Waals surface area contributed by atoms with Crippen molar-refractivity contribution in [2.24, 2.45) is 0 Å². The number of amides is 2. The summed E-state index contributed by atoms with van der Waals surface area (Å²) in [5.74, 6) is 0. The van der Waals surface area contributed by atoms with Crippen molar-refractivity contribution < 1.29 is 9.53 Å². The van der Waals surface area contributed by atoms with E-state index in [0.717, 1.165) is 12.1 Å². The molecule has 2 amide bonds. The first-order chi connectivity index (χ1) is 8.50. The fourth-order valence-corrected chi connectivity index (χ4v) is 2.01. The zero-order valence-corrected chi connectivity index (χ0v) is 11.2. The Kier molecular flexibility index (Phi) is 3.57. The van der Waals surface area contributed by atoms with Crippen molar-refractivity contribution in [3.63, 3.8) is 0 Å². The summed E-state index contributed by atoms with van der Waals surface area (Å²) in [7, 11) is 0. The highest BCUT2D eigenvalue weighted by atomic mass is 16.5. The Bertz CT molecular complexity index is 443. The van der Waals surface area contributed by atoms with Gasteiger partial charge in [0.25, 0.3) is 0 Å². The zero-order valence-electron chi connectivity index (χ0n) is 11.2. The Balaban J connectivity index is 1.99. The molecule has 1 fully saturated rings. The van der Waals surface area contributed by atoms with Gasteiger partial charge in [-0.05, 0) is 38.0 Å². The Hall–Kier alpha value is -1.55. The van der Waals surface area contributed by atoms with Crippen molar-refractivity contribution in [3.8, 4) is 0 Å². The lowest BCUT2D eigenvalue weighted by molar-refractivity contribution is 0.0359. The maximum Gasteiger partial charge on any atom is 0.323 e. The van der Waals surface area contributed by atoms with Crippen LogP contribution in [-0.2, 0) is 11.2 Å². The van der Waals surface area contributed by atoms with Crippen LogP contribution >= 0.6 is 0 Å². The van der Waals surface area contributed by atoms with Crippen LogP contribution in [0, 0.1) is 0 Å². The molecule has 0 atom stereocenters. The number of ether oxygens (including phenoxy) is 1. The number of benzene rings is 1. The van der Waals surface area contributed by atoms with Crippen LogP contribution in [0.4, 0.5) is 10.5 Å². The number of rotatable bonds is 2. The van der Waals surface area contributed by atoms with Crippen molar-refractivity contribution in [2.75, 3.05) is 18.6 Å². The van der Waals surface area contributed by atoms with Gasteiger partial charge in [0.2, 0.25) is 0 Å². The molecule has 1 aromatic carbocycles. The minimum atomic E-state index is -0.247. The fraction of sp³-hybridized carbons (Fsp3) is 0.500. The molecule has 0 radical (unpaired) electrons. The molecule has 0 aliphatic carbocycles. The van der Waals surface area contributed by atoms with Gasteiger partial charge in [-0.1, -0.05) is 19.1 Å². The number of hydrogen-bond acceptors (Lipinski definition) is 2. The van der Waals surface area contributed by atoms with Gasteiger partial charge in [0.05, 0.1) is 12.1 Å². The molecule has 1 aliphatic rings. The fourth-order valence-electron chi connectivity index (χ4n) is 2.01. The monoisotopic (exact) mass is 248 g/mol. The van der Waals surface area contributed by atoms with Gasteiger partial charge < -0.3 is 10.1 Å². The second-order valence-corrected chi connectivity index (χ2v) is 5.22. The lowest BCUT2D eigenvalue weighted by Gasteiger charge is -2.17. The van der Waals surface area contributed by atoms with Gasteiger partial charge in [0.1, 0.15) is 6.73 Å². The van der Waals surface area contributed by atoms with Gasteiger partial charge in [0.15, 0.2) is 0 Å². The summed E-state index contributed by atoms with van der Waals surface area (Å²) in [6.07, 6.45) is 0.962. The first kappa shape index (κ1) is 12.9. The van der Waals surface area contributed by atoms with Crippen LogP contribution in [0.15, 0.2) is 24.3 Å². The highest BCUT2D eigenvalue weighted by Crippen LogP contribution is 2.20. The van der Waals surface area contributed by atoms with Crippen LogP contribution in [0.1, 0.15) is 26.3 Å². The minimum absolute atomic E-state index is 0.103. The Morgan fingerprint density at radius 2 is 2.28 bits per heavy atom. The van der Waals surface area contributed by atoms with E-state index in [0.29, 0.717) is 13.3 Å². The average molecular weight is 248 g/mol. The van der Waals surface area contributed by atoms with Gasteiger partial charge in [-0.3, -0.25) is 4.90 Å². The lowest BCUT2D eigenvalue weighted by Crippen LogP contribution is -2.35. The van der Waals surface area contributed by atoms with Crippen LogP contribution in [0.3, 0.4) is 0 Å². The molecule has 0 aromatic heterocycles. The molecule has 0 saturated carbocycles. The molecular weight excluding hydrogens is 228 g/mol. The van der Waals surface area contributed by atoms with E-state index >= 15 is 0 Å². The molecule has 0 bridgehead atoms. The van der Waals surface area contributed by atoms with Crippen LogP contribution in [-0.4, -0.2) is 29.8 Å². The molecule has 0 spiro atoms. The summed E-state index contributed by atoms with van der Waals surface area (Å²) in [5.41, 5.74) is 1.80. The van der Waals surface area contributed by atoms with Gasteiger partial charge in [-0.25, -0.2) is 4.79 Å². The van der Waals surface area contributed by atoms with Crippen LogP contribution < -0.4 is 5.32 Å². The van der Waals surface area contributed by atoms with E-state index in [1.807, 2.05) is 32.0 Å². The number of hydrogen-bond donors (Lipinski definition) is 1. The molecule has 1 aliphatic heterocycles. The third kappa shape index (κ3) is 3.01. The van der Waals surface area contributed by atoms with Gasteiger partial charge in [0, 0.05) is 5.69 Å². The molecule has 1 aromatic rings.